The van der Waals surface area contributed by atoms with E-state index in [1.807, 2.05) is 37.3 Å². The van der Waals surface area contributed by atoms with Gasteiger partial charge in [-0.2, -0.15) is 0 Å². The molecule has 1 amide bonds. The monoisotopic (exact) mass is 310 g/mol. The van der Waals surface area contributed by atoms with Gasteiger partial charge in [0.15, 0.2) is 0 Å². The van der Waals surface area contributed by atoms with Crippen molar-refractivity contribution in [2.75, 3.05) is 18.8 Å². The summed E-state index contributed by atoms with van der Waals surface area (Å²) in [6.07, 6.45) is 1.80. The van der Waals surface area contributed by atoms with E-state index in [-0.39, 0.29) is 30.7 Å². The highest BCUT2D eigenvalue weighted by Crippen LogP contribution is 2.14. The van der Waals surface area contributed by atoms with E-state index in [2.05, 4.69) is 5.32 Å². The lowest BCUT2D eigenvalue weighted by Crippen LogP contribution is -2.40. The van der Waals surface area contributed by atoms with Crippen LogP contribution in [0.5, 0.6) is 0 Å². The first-order valence-electron chi connectivity index (χ1n) is 7.31. The Labute approximate surface area is 126 Å². The van der Waals surface area contributed by atoms with E-state index in [4.69, 9.17) is 0 Å². The van der Waals surface area contributed by atoms with Gasteiger partial charge < -0.3 is 5.32 Å². The standard InChI is InChI=1S/C15H22N2O3S/c1-13(14-7-3-2-4-8-14)16-15(18)9-11-17-10-5-6-12-21(17,19)20/h2-4,7-8,13H,5-6,9-12H2,1H3,(H,16,18). The Morgan fingerprint density at radius 2 is 2.00 bits per heavy atom. The molecule has 1 aliphatic rings. The molecule has 1 aromatic carbocycles. The molecule has 116 valence electrons. The lowest BCUT2D eigenvalue weighted by molar-refractivity contribution is -0.121. The molecule has 1 atom stereocenters. The van der Waals surface area contributed by atoms with Crippen LogP contribution in [0.1, 0.15) is 37.8 Å². The third-order valence-corrected chi connectivity index (χ3v) is 5.68. The number of amides is 1. The molecule has 21 heavy (non-hydrogen) atoms. The van der Waals surface area contributed by atoms with E-state index < -0.39 is 10.0 Å². The van der Waals surface area contributed by atoms with E-state index in [0.29, 0.717) is 6.54 Å². The topological polar surface area (TPSA) is 66.5 Å². The normalized spacial score (nSPS) is 19.9. The molecule has 1 N–H and O–H groups in total. The van der Waals surface area contributed by atoms with Crippen molar-refractivity contribution in [1.29, 1.82) is 0 Å². The summed E-state index contributed by atoms with van der Waals surface area (Å²) in [6.45, 7) is 2.73. The Morgan fingerprint density at radius 1 is 1.29 bits per heavy atom. The molecular formula is C15H22N2O3S. The average Bonchev–Trinajstić information content (AvgIpc) is 2.46. The largest absolute Gasteiger partial charge is 0.350 e. The zero-order chi connectivity index (χ0) is 15.3. The highest BCUT2D eigenvalue weighted by atomic mass is 32.2. The van der Waals surface area contributed by atoms with Crippen molar-refractivity contribution in [3.8, 4) is 0 Å². The molecule has 2 rings (SSSR count). The van der Waals surface area contributed by atoms with Gasteiger partial charge in [-0.1, -0.05) is 30.3 Å². The van der Waals surface area contributed by atoms with Crippen LogP contribution in [0.2, 0.25) is 0 Å². The minimum Gasteiger partial charge on any atom is -0.350 e. The van der Waals surface area contributed by atoms with Gasteiger partial charge in [0.1, 0.15) is 0 Å². The summed E-state index contributed by atoms with van der Waals surface area (Å²) in [5, 5.41) is 2.90. The third-order valence-electron chi connectivity index (χ3n) is 3.72. The molecule has 1 unspecified atom stereocenters. The molecule has 1 heterocycles. The minimum atomic E-state index is -3.15. The van der Waals surface area contributed by atoms with E-state index in [1.165, 1.54) is 4.31 Å². The summed E-state index contributed by atoms with van der Waals surface area (Å²) in [7, 11) is -3.15. The summed E-state index contributed by atoms with van der Waals surface area (Å²) in [5.41, 5.74) is 1.04. The number of carbonyl (C=O) groups is 1. The zero-order valence-electron chi connectivity index (χ0n) is 12.3. The molecule has 1 aliphatic heterocycles. The van der Waals surface area contributed by atoms with Gasteiger partial charge in [-0.05, 0) is 25.3 Å². The molecule has 5 nitrogen and oxygen atoms in total. The van der Waals surface area contributed by atoms with Gasteiger partial charge in [0.25, 0.3) is 0 Å². The Hall–Kier alpha value is -1.40. The first-order valence-corrected chi connectivity index (χ1v) is 8.92. The van der Waals surface area contributed by atoms with Crippen LogP contribution in [0, 0.1) is 0 Å². The van der Waals surface area contributed by atoms with Gasteiger partial charge in [0.05, 0.1) is 11.8 Å². The fourth-order valence-corrected chi connectivity index (χ4v) is 4.06. The van der Waals surface area contributed by atoms with Crippen LogP contribution in [0.25, 0.3) is 0 Å². The van der Waals surface area contributed by atoms with Crippen LogP contribution in [-0.2, 0) is 14.8 Å². The van der Waals surface area contributed by atoms with Crippen LogP contribution in [-0.4, -0.2) is 37.5 Å². The van der Waals surface area contributed by atoms with E-state index in [1.54, 1.807) is 0 Å². The van der Waals surface area contributed by atoms with Crippen molar-refractivity contribution in [2.45, 2.75) is 32.2 Å². The van der Waals surface area contributed by atoms with Gasteiger partial charge in [0, 0.05) is 19.5 Å². The van der Waals surface area contributed by atoms with Gasteiger partial charge in [0.2, 0.25) is 15.9 Å². The average molecular weight is 310 g/mol. The minimum absolute atomic E-state index is 0.0725. The molecule has 1 aromatic rings. The molecule has 0 saturated carbocycles. The second-order valence-electron chi connectivity index (χ2n) is 5.37. The molecule has 0 radical (unpaired) electrons. The Bertz CT molecular complexity index is 572. The lowest BCUT2D eigenvalue weighted by Gasteiger charge is -2.26. The molecule has 0 aliphatic carbocycles. The van der Waals surface area contributed by atoms with Crippen molar-refractivity contribution in [3.63, 3.8) is 0 Å². The van der Waals surface area contributed by atoms with Gasteiger partial charge in [-0.25, -0.2) is 12.7 Å². The first-order chi connectivity index (χ1) is 9.99. The first kappa shape index (κ1) is 16.0. The van der Waals surface area contributed by atoms with E-state index >= 15 is 0 Å². The summed E-state index contributed by atoms with van der Waals surface area (Å²) in [6, 6.07) is 9.63. The third kappa shape index (κ3) is 4.54. The van der Waals surface area contributed by atoms with Crippen molar-refractivity contribution < 1.29 is 13.2 Å². The number of hydrogen-bond donors (Lipinski definition) is 1. The zero-order valence-corrected chi connectivity index (χ0v) is 13.1. The summed E-state index contributed by atoms with van der Waals surface area (Å²) in [5.74, 6) is 0.0850. The Morgan fingerprint density at radius 3 is 2.67 bits per heavy atom. The Balaban J connectivity index is 1.82. The SMILES string of the molecule is CC(NC(=O)CCN1CCCCS1(=O)=O)c1ccccc1. The number of rotatable bonds is 5. The maximum Gasteiger partial charge on any atom is 0.221 e. The number of benzene rings is 1. The highest BCUT2D eigenvalue weighted by Gasteiger charge is 2.25. The summed E-state index contributed by atoms with van der Waals surface area (Å²) in [4.78, 5) is 11.9. The number of hydrogen-bond acceptors (Lipinski definition) is 3. The van der Waals surface area contributed by atoms with Gasteiger partial charge in [-0.15, -0.1) is 0 Å². The number of nitrogens with one attached hydrogen (secondary N) is 1. The number of carbonyl (C=O) groups excluding carboxylic acids is 1. The summed E-state index contributed by atoms with van der Waals surface area (Å²) >= 11 is 0. The molecule has 1 saturated heterocycles. The van der Waals surface area contributed by atoms with Crippen molar-refractivity contribution in [2.24, 2.45) is 0 Å². The number of sulfonamides is 1. The maximum absolute atomic E-state index is 11.9. The van der Waals surface area contributed by atoms with E-state index in [0.717, 1.165) is 18.4 Å². The smallest absolute Gasteiger partial charge is 0.221 e. The van der Waals surface area contributed by atoms with Crippen LogP contribution in [0.4, 0.5) is 0 Å². The molecule has 0 bridgehead atoms. The van der Waals surface area contributed by atoms with Crippen molar-refractivity contribution >= 4 is 15.9 Å². The maximum atomic E-state index is 11.9. The molecule has 1 fully saturated rings. The molecule has 6 heteroatoms. The number of nitrogens with zero attached hydrogens (tertiary/aromatic N) is 1. The van der Waals surface area contributed by atoms with Crippen molar-refractivity contribution in [3.05, 3.63) is 35.9 Å². The molecular weight excluding hydrogens is 288 g/mol. The van der Waals surface area contributed by atoms with Crippen molar-refractivity contribution in [1.82, 2.24) is 9.62 Å². The van der Waals surface area contributed by atoms with Crippen LogP contribution < -0.4 is 5.32 Å². The Kier molecular flexibility index (Phi) is 5.36. The fourth-order valence-electron chi connectivity index (χ4n) is 2.46. The quantitative estimate of drug-likeness (QED) is 0.900. The highest BCUT2D eigenvalue weighted by molar-refractivity contribution is 7.89. The van der Waals surface area contributed by atoms with Crippen LogP contribution >= 0.6 is 0 Å². The summed E-state index contributed by atoms with van der Waals surface area (Å²) < 4.78 is 25.1. The van der Waals surface area contributed by atoms with Gasteiger partial charge in [-0.3, -0.25) is 4.79 Å². The predicted octanol–water partition coefficient (Wildman–Crippen LogP) is 1.68. The lowest BCUT2D eigenvalue weighted by atomic mass is 10.1. The van der Waals surface area contributed by atoms with Crippen LogP contribution in [0.3, 0.4) is 0 Å². The molecule has 0 spiro atoms. The van der Waals surface area contributed by atoms with E-state index in [9.17, 15) is 13.2 Å². The second-order valence-corrected chi connectivity index (χ2v) is 7.46. The predicted molar refractivity (Wildman–Crippen MR) is 82.2 cm³/mol. The second kappa shape index (κ2) is 7.04. The fraction of sp³-hybridized carbons (Fsp3) is 0.533. The van der Waals surface area contributed by atoms with Gasteiger partial charge >= 0.3 is 0 Å². The van der Waals surface area contributed by atoms with Crippen LogP contribution in [0.15, 0.2) is 30.3 Å². The molecule has 0 aromatic heterocycles.